The smallest absolute Gasteiger partial charge is 0.360 e. The van der Waals surface area contributed by atoms with Crippen LogP contribution in [0.15, 0.2) is 23.2 Å². The van der Waals surface area contributed by atoms with E-state index in [-0.39, 0.29) is 23.1 Å². The predicted molar refractivity (Wildman–Crippen MR) is 61.5 cm³/mol. The number of anilines is 1. The van der Waals surface area contributed by atoms with Gasteiger partial charge in [0.2, 0.25) is 5.71 Å². The number of hydrogen-bond acceptors (Lipinski definition) is 6. The first-order valence-electron chi connectivity index (χ1n) is 4.40. The molecule has 86 valence electrons. The number of nitrogens with zero attached hydrogens (tertiary/aromatic N) is 2. The summed E-state index contributed by atoms with van der Waals surface area (Å²) in [5.74, 6) is -1.20. The zero-order chi connectivity index (χ0) is 12.0. The second-order valence-corrected chi connectivity index (χ2v) is 3.62. The van der Waals surface area contributed by atoms with Crippen molar-refractivity contribution in [3.63, 3.8) is 0 Å². The Morgan fingerprint density at radius 2 is 2.56 bits per heavy atom. The van der Waals surface area contributed by atoms with E-state index < -0.39 is 5.97 Å². The van der Waals surface area contributed by atoms with E-state index in [4.69, 9.17) is 15.7 Å². The van der Waals surface area contributed by atoms with Gasteiger partial charge in [-0.2, -0.15) is 0 Å². The van der Waals surface area contributed by atoms with E-state index in [2.05, 4.69) is 16.7 Å². The highest BCUT2D eigenvalue weighted by atomic mass is 32.1. The van der Waals surface area contributed by atoms with Crippen LogP contribution in [-0.4, -0.2) is 28.4 Å². The van der Waals surface area contributed by atoms with Crippen LogP contribution in [-0.2, 0) is 9.63 Å². The second kappa shape index (κ2) is 5.86. The van der Waals surface area contributed by atoms with Gasteiger partial charge in [-0.25, -0.2) is 9.78 Å². The maximum Gasteiger partial charge on any atom is 0.360 e. The first-order chi connectivity index (χ1) is 7.65. The molecule has 1 aromatic heterocycles. The normalized spacial score (nSPS) is 11.1. The maximum absolute atomic E-state index is 10.9. The molecule has 0 saturated heterocycles. The SMILES string of the molecule is C=CCCO/N=C(\C(=O)O)c1csc(N)n1. The van der Waals surface area contributed by atoms with Gasteiger partial charge in [0.15, 0.2) is 5.13 Å². The maximum atomic E-state index is 10.9. The van der Waals surface area contributed by atoms with E-state index in [0.29, 0.717) is 6.42 Å². The molecule has 1 aromatic rings. The van der Waals surface area contributed by atoms with Crippen molar-refractivity contribution < 1.29 is 14.7 Å². The van der Waals surface area contributed by atoms with Gasteiger partial charge in [-0.15, -0.1) is 17.9 Å². The summed E-state index contributed by atoms with van der Waals surface area (Å²) in [6, 6.07) is 0. The zero-order valence-corrected chi connectivity index (χ0v) is 9.24. The van der Waals surface area contributed by atoms with E-state index in [1.54, 1.807) is 6.08 Å². The van der Waals surface area contributed by atoms with Crippen LogP contribution in [0.1, 0.15) is 12.1 Å². The van der Waals surface area contributed by atoms with Crippen molar-refractivity contribution in [2.24, 2.45) is 5.16 Å². The molecule has 0 aliphatic carbocycles. The summed E-state index contributed by atoms with van der Waals surface area (Å²) < 4.78 is 0. The topological polar surface area (TPSA) is 97.8 Å². The molecule has 0 radical (unpaired) electrons. The van der Waals surface area contributed by atoms with E-state index in [1.807, 2.05) is 0 Å². The fraction of sp³-hybridized carbons (Fsp3) is 0.222. The highest BCUT2D eigenvalue weighted by molar-refractivity contribution is 7.13. The third-order valence-corrected chi connectivity index (χ3v) is 2.21. The Balaban J connectivity index is 2.75. The highest BCUT2D eigenvalue weighted by Crippen LogP contribution is 2.12. The lowest BCUT2D eigenvalue weighted by atomic mass is 10.3. The van der Waals surface area contributed by atoms with Gasteiger partial charge < -0.3 is 15.7 Å². The highest BCUT2D eigenvalue weighted by Gasteiger charge is 2.16. The van der Waals surface area contributed by atoms with Gasteiger partial charge >= 0.3 is 5.97 Å². The lowest BCUT2D eigenvalue weighted by Gasteiger charge is -1.98. The molecule has 0 aliphatic heterocycles. The molecule has 0 aromatic carbocycles. The third-order valence-electron chi connectivity index (χ3n) is 1.54. The molecular formula is C9H11N3O3S. The Bertz CT molecular complexity index is 414. The van der Waals surface area contributed by atoms with Gasteiger partial charge in [-0.3, -0.25) is 0 Å². The number of carboxylic acids is 1. The Labute approximate surface area is 96.1 Å². The molecule has 0 aliphatic rings. The summed E-state index contributed by atoms with van der Waals surface area (Å²) in [5, 5.41) is 14.2. The molecule has 1 rings (SSSR count). The molecule has 16 heavy (non-hydrogen) atoms. The Hall–Kier alpha value is -1.89. The molecule has 6 nitrogen and oxygen atoms in total. The first kappa shape index (κ1) is 12.2. The van der Waals surface area contributed by atoms with Gasteiger partial charge in [-0.1, -0.05) is 11.2 Å². The fourth-order valence-electron chi connectivity index (χ4n) is 0.838. The predicted octanol–water partition coefficient (Wildman–Crippen LogP) is 1.11. The van der Waals surface area contributed by atoms with Crippen molar-refractivity contribution in [2.45, 2.75) is 6.42 Å². The van der Waals surface area contributed by atoms with Crippen LogP contribution >= 0.6 is 11.3 Å². The molecule has 1 heterocycles. The van der Waals surface area contributed by atoms with Gasteiger partial charge in [0.25, 0.3) is 0 Å². The second-order valence-electron chi connectivity index (χ2n) is 2.73. The number of aromatic nitrogens is 1. The Morgan fingerprint density at radius 1 is 1.81 bits per heavy atom. The van der Waals surface area contributed by atoms with Crippen LogP contribution in [0, 0.1) is 0 Å². The van der Waals surface area contributed by atoms with Crippen LogP contribution in [0.2, 0.25) is 0 Å². The lowest BCUT2D eigenvalue weighted by molar-refractivity contribution is -0.129. The minimum absolute atomic E-state index is 0.202. The van der Waals surface area contributed by atoms with E-state index in [9.17, 15) is 4.79 Å². The standard InChI is InChI=1S/C9H11N3O3S/c1-2-3-4-15-12-7(8(13)14)6-5-16-9(10)11-6/h2,5H,1,3-4H2,(H2,10,11)(H,13,14)/b12-7-. The van der Waals surface area contributed by atoms with Gasteiger partial charge in [0.05, 0.1) is 0 Å². The molecule has 0 spiro atoms. The summed E-state index contributed by atoms with van der Waals surface area (Å²) >= 11 is 1.14. The van der Waals surface area contributed by atoms with Crippen molar-refractivity contribution in [1.29, 1.82) is 0 Å². The Morgan fingerprint density at radius 3 is 3.06 bits per heavy atom. The van der Waals surface area contributed by atoms with Crippen LogP contribution in [0.3, 0.4) is 0 Å². The minimum Gasteiger partial charge on any atom is -0.476 e. The van der Waals surface area contributed by atoms with Crippen molar-refractivity contribution >= 4 is 28.1 Å². The van der Waals surface area contributed by atoms with Gasteiger partial charge in [0, 0.05) is 11.8 Å². The van der Waals surface area contributed by atoms with E-state index in [1.165, 1.54) is 5.38 Å². The number of nitrogen functional groups attached to an aromatic ring is 1. The number of nitrogens with two attached hydrogens (primary N) is 1. The third kappa shape index (κ3) is 3.35. The molecule has 0 amide bonds. The average Bonchev–Trinajstić information content (AvgIpc) is 2.64. The zero-order valence-electron chi connectivity index (χ0n) is 8.42. The van der Waals surface area contributed by atoms with Crippen molar-refractivity contribution in [1.82, 2.24) is 4.98 Å². The van der Waals surface area contributed by atoms with Crippen LogP contribution < -0.4 is 5.73 Å². The fourth-order valence-corrected chi connectivity index (χ4v) is 1.39. The largest absolute Gasteiger partial charge is 0.476 e. The minimum atomic E-state index is -1.20. The number of aliphatic carboxylic acids is 1. The van der Waals surface area contributed by atoms with Gasteiger partial charge in [0.1, 0.15) is 12.3 Å². The van der Waals surface area contributed by atoms with E-state index in [0.717, 1.165) is 11.3 Å². The summed E-state index contributed by atoms with van der Waals surface area (Å²) in [4.78, 5) is 19.5. The lowest BCUT2D eigenvalue weighted by Crippen LogP contribution is -2.15. The molecule has 0 unspecified atom stereocenters. The number of rotatable bonds is 6. The molecule has 7 heteroatoms. The Kier molecular flexibility index (Phi) is 4.46. The molecule has 0 fully saturated rings. The van der Waals surface area contributed by atoms with Crippen molar-refractivity contribution in [3.8, 4) is 0 Å². The summed E-state index contributed by atoms with van der Waals surface area (Å²) in [5.41, 5.74) is 5.35. The molecule has 0 bridgehead atoms. The van der Waals surface area contributed by atoms with Crippen molar-refractivity contribution in [3.05, 3.63) is 23.7 Å². The summed E-state index contributed by atoms with van der Waals surface area (Å²) in [6.45, 7) is 3.78. The van der Waals surface area contributed by atoms with Crippen LogP contribution in [0.25, 0.3) is 0 Å². The molecule has 3 N–H and O–H groups in total. The number of thiazole rings is 1. The number of oxime groups is 1. The summed E-state index contributed by atoms with van der Waals surface area (Å²) in [7, 11) is 0. The average molecular weight is 241 g/mol. The number of hydrogen-bond donors (Lipinski definition) is 2. The van der Waals surface area contributed by atoms with Gasteiger partial charge in [-0.05, 0) is 0 Å². The summed E-state index contributed by atoms with van der Waals surface area (Å²) in [6.07, 6.45) is 2.24. The number of carbonyl (C=O) groups is 1. The first-order valence-corrected chi connectivity index (χ1v) is 5.28. The molecule has 0 atom stereocenters. The number of carboxylic acid groups (broad SMARTS) is 1. The van der Waals surface area contributed by atoms with E-state index >= 15 is 0 Å². The monoisotopic (exact) mass is 241 g/mol. The van der Waals surface area contributed by atoms with Crippen molar-refractivity contribution in [2.75, 3.05) is 12.3 Å². The quantitative estimate of drug-likeness (QED) is 0.336. The molecule has 0 saturated carbocycles. The molecular weight excluding hydrogens is 230 g/mol. The van der Waals surface area contributed by atoms with Crippen LogP contribution in [0.4, 0.5) is 5.13 Å². The van der Waals surface area contributed by atoms with Crippen LogP contribution in [0.5, 0.6) is 0 Å².